The summed E-state index contributed by atoms with van der Waals surface area (Å²) in [5, 5.41) is 1.81. The summed E-state index contributed by atoms with van der Waals surface area (Å²) in [6.45, 7) is 1.72. The van der Waals surface area contributed by atoms with Gasteiger partial charge in [-0.2, -0.15) is 13.2 Å². The maximum absolute atomic E-state index is 12.8. The minimum Gasteiger partial charge on any atom is -0.351 e. The van der Waals surface area contributed by atoms with Crippen molar-refractivity contribution in [1.29, 1.82) is 0 Å². The Morgan fingerprint density at radius 1 is 1.25 bits per heavy atom. The first-order valence-corrected chi connectivity index (χ1v) is 7.73. The van der Waals surface area contributed by atoms with Crippen molar-refractivity contribution in [3.8, 4) is 0 Å². The molecule has 0 aliphatic heterocycles. The van der Waals surface area contributed by atoms with Crippen molar-refractivity contribution in [3.63, 3.8) is 0 Å². The largest absolute Gasteiger partial charge is 0.433 e. The molecule has 0 aliphatic carbocycles. The fourth-order valence-electron chi connectivity index (χ4n) is 1.70. The van der Waals surface area contributed by atoms with E-state index in [-0.39, 0.29) is 23.4 Å². The van der Waals surface area contributed by atoms with Crippen LogP contribution in [0.1, 0.15) is 18.2 Å². The predicted molar refractivity (Wildman–Crippen MR) is 80.6 cm³/mol. The zero-order chi connectivity index (χ0) is 17.7. The lowest BCUT2D eigenvalue weighted by molar-refractivity contribution is -0.141. The molecular formula is C15H13F4N3OS. The van der Waals surface area contributed by atoms with Gasteiger partial charge in [0.25, 0.3) is 0 Å². The number of alkyl halides is 3. The highest BCUT2D eigenvalue weighted by Gasteiger charge is 2.33. The van der Waals surface area contributed by atoms with Gasteiger partial charge in [-0.15, -0.1) is 0 Å². The highest BCUT2D eigenvalue weighted by atomic mass is 32.2. The zero-order valence-corrected chi connectivity index (χ0v) is 13.3. The molecule has 4 nitrogen and oxygen atoms in total. The first-order valence-electron chi connectivity index (χ1n) is 6.85. The first kappa shape index (κ1) is 18.2. The molecule has 0 bridgehead atoms. The van der Waals surface area contributed by atoms with E-state index < -0.39 is 17.1 Å². The van der Waals surface area contributed by atoms with Crippen LogP contribution in [0, 0.1) is 5.82 Å². The molecule has 1 unspecified atom stereocenters. The molecule has 9 heteroatoms. The van der Waals surface area contributed by atoms with E-state index in [0.29, 0.717) is 5.56 Å². The Kier molecular flexibility index (Phi) is 5.76. The molecule has 0 saturated heterocycles. The molecule has 0 radical (unpaired) electrons. The van der Waals surface area contributed by atoms with Gasteiger partial charge in [0.05, 0.1) is 5.25 Å². The molecule has 0 aliphatic rings. The Labute approximate surface area is 139 Å². The molecule has 1 aromatic carbocycles. The normalized spacial score (nSPS) is 12.7. The second kappa shape index (κ2) is 7.61. The molecule has 2 aromatic rings. The Hall–Kier alpha value is -2.16. The average molecular weight is 359 g/mol. The number of hydrogen-bond donors (Lipinski definition) is 1. The smallest absolute Gasteiger partial charge is 0.351 e. The van der Waals surface area contributed by atoms with Gasteiger partial charge >= 0.3 is 6.18 Å². The molecule has 2 rings (SSSR count). The standard InChI is InChI=1S/C15H13F4N3OS/c1-9(13(23)21-8-10-2-4-11(16)5-3-10)24-14-20-7-6-12(22-14)15(17,18)19/h2-7,9H,8H2,1H3,(H,21,23). The maximum Gasteiger partial charge on any atom is 0.433 e. The van der Waals surface area contributed by atoms with Crippen LogP contribution in [0.4, 0.5) is 17.6 Å². The number of benzene rings is 1. The highest BCUT2D eigenvalue weighted by Crippen LogP contribution is 2.29. The molecule has 0 fully saturated rings. The number of hydrogen-bond acceptors (Lipinski definition) is 4. The van der Waals surface area contributed by atoms with Crippen molar-refractivity contribution in [2.24, 2.45) is 0 Å². The van der Waals surface area contributed by atoms with Gasteiger partial charge in [0, 0.05) is 12.7 Å². The van der Waals surface area contributed by atoms with Crippen LogP contribution in [-0.4, -0.2) is 21.1 Å². The average Bonchev–Trinajstić information content (AvgIpc) is 2.53. The van der Waals surface area contributed by atoms with Crippen LogP contribution in [0.3, 0.4) is 0 Å². The third-order valence-electron chi connectivity index (χ3n) is 2.96. The molecule has 24 heavy (non-hydrogen) atoms. The summed E-state index contributed by atoms with van der Waals surface area (Å²) in [5.41, 5.74) is -0.351. The van der Waals surface area contributed by atoms with Crippen LogP contribution >= 0.6 is 11.8 Å². The topological polar surface area (TPSA) is 54.9 Å². The summed E-state index contributed by atoms with van der Waals surface area (Å²) in [5.74, 6) is -0.763. The van der Waals surface area contributed by atoms with E-state index in [1.54, 1.807) is 0 Å². The Morgan fingerprint density at radius 2 is 1.92 bits per heavy atom. The lowest BCUT2D eigenvalue weighted by atomic mass is 10.2. The zero-order valence-electron chi connectivity index (χ0n) is 12.5. The number of carbonyl (C=O) groups excluding carboxylic acids is 1. The summed E-state index contributed by atoms with van der Waals surface area (Å²) >= 11 is 0.825. The van der Waals surface area contributed by atoms with Crippen LogP contribution < -0.4 is 5.32 Å². The third kappa shape index (κ3) is 5.19. The minimum absolute atomic E-state index is 0.130. The van der Waals surface area contributed by atoms with Gasteiger partial charge < -0.3 is 5.32 Å². The van der Waals surface area contributed by atoms with Crippen molar-refractivity contribution in [2.45, 2.75) is 30.1 Å². The van der Waals surface area contributed by atoms with Gasteiger partial charge in [0.15, 0.2) is 5.16 Å². The van der Waals surface area contributed by atoms with Crippen molar-refractivity contribution in [2.75, 3.05) is 0 Å². The molecule has 1 N–H and O–H groups in total. The SMILES string of the molecule is CC(Sc1nccc(C(F)(F)F)n1)C(=O)NCc1ccc(F)cc1. The second-order valence-corrected chi connectivity index (χ2v) is 6.13. The molecular weight excluding hydrogens is 346 g/mol. The monoisotopic (exact) mass is 359 g/mol. The summed E-state index contributed by atoms with van der Waals surface area (Å²) in [6, 6.07) is 6.38. The molecule has 0 saturated carbocycles. The van der Waals surface area contributed by atoms with E-state index in [4.69, 9.17) is 0 Å². The van der Waals surface area contributed by atoms with Gasteiger partial charge in [0.1, 0.15) is 11.5 Å². The second-order valence-electron chi connectivity index (χ2n) is 4.83. The number of aromatic nitrogens is 2. The van der Waals surface area contributed by atoms with Crippen LogP contribution in [-0.2, 0) is 17.5 Å². The van der Waals surface area contributed by atoms with E-state index in [1.807, 2.05) is 0 Å². The summed E-state index contributed by atoms with van der Waals surface area (Å²) < 4.78 is 50.6. The van der Waals surface area contributed by atoms with Crippen LogP contribution in [0.5, 0.6) is 0 Å². The Balaban J connectivity index is 1.93. The van der Waals surface area contributed by atoms with E-state index in [9.17, 15) is 22.4 Å². The van der Waals surface area contributed by atoms with Gasteiger partial charge in [-0.3, -0.25) is 4.79 Å². The molecule has 1 amide bonds. The molecule has 1 atom stereocenters. The quantitative estimate of drug-likeness (QED) is 0.505. The Bertz CT molecular complexity index is 707. The lowest BCUT2D eigenvalue weighted by Gasteiger charge is -2.12. The van der Waals surface area contributed by atoms with E-state index in [2.05, 4.69) is 15.3 Å². The highest BCUT2D eigenvalue weighted by molar-refractivity contribution is 8.00. The van der Waals surface area contributed by atoms with Crippen molar-refractivity contribution < 1.29 is 22.4 Å². The fraction of sp³-hybridized carbons (Fsp3) is 0.267. The van der Waals surface area contributed by atoms with Crippen LogP contribution in [0.2, 0.25) is 0 Å². The van der Waals surface area contributed by atoms with Gasteiger partial charge in [-0.05, 0) is 30.7 Å². The molecule has 1 heterocycles. The van der Waals surface area contributed by atoms with Crippen molar-refractivity contribution >= 4 is 17.7 Å². The number of nitrogens with one attached hydrogen (secondary N) is 1. The number of carbonyl (C=O) groups is 1. The summed E-state index contributed by atoms with van der Waals surface area (Å²) in [6.07, 6.45) is -3.56. The van der Waals surface area contributed by atoms with Gasteiger partial charge in [-0.1, -0.05) is 23.9 Å². The Morgan fingerprint density at radius 3 is 2.54 bits per heavy atom. The van der Waals surface area contributed by atoms with Gasteiger partial charge in [0.2, 0.25) is 5.91 Å². The third-order valence-corrected chi connectivity index (χ3v) is 3.93. The summed E-state index contributed by atoms with van der Waals surface area (Å²) in [7, 11) is 0. The van der Waals surface area contributed by atoms with E-state index in [1.165, 1.54) is 31.2 Å². The number of halogens is 4. The number of thioether (sulfide) groups is 1. The maximum atomic E-state index is 12.8. The van der Waals surface area contributed by atoms with E-state index >= 15 is 0 Å². The van der Waals surface area contributed by atoms with Crippen molar-refractivity contribution in [1.82, 2.24) is 15.3 Å². The fourth-order valence-corrected chi connectivity index (χ4v) is 2.48. The molecule has 1 aromatic heterocycles. The van der Waals surface area contributed by atoms with Gasteiger partial charge in [-0.25, -0.2) is 14.4 Å². The number of rotatable bonds is 5. The first-order chi connectivity index (χ1) is 11.3. The minimum atomic E-state index is -4.56. The lowest BCUT2D eigenvalue weighted by Crippen LogP contribution is -2.30. The van der Waals surface area contributed by atoms with Crippen molar-refractivity contribution in [3.05, 3.63) is 53.6 Å². The molecule has 0 spiro atoms. The number of amides is 1. The summed E-state index contributed by atoms with van der Waals surface area (Å²) in [4.78, 5) is 19.1. The number of nitrogens with zero attached hydrogens (tertiary/aromatic N) is 2. The van der Waals surface area contributed by atoms with Crippen LogP contribution in [0.15, 0.2) is 41.7 Å². The van der Waals surface area contributed by atoms with E-state index in [0.717, 1.165) is 24.0 Å². The predicted octanol–water partition coefficient (Wildman–Crippen LogP) is 3.43. The molecule has 128 valence electrons. The van der Waals surface area contributed by atoms with Crippen LogP contribution in [0.25, 0.3) is 0 Å².